The molecule has 3 heteroatoms. The van der Waals surface area contributed by atoms with Crippen molar-refractivity contribution in [3.63, 3.8) is 0 Å². The van der Waals surface area contributed by atoms with Crippen molar-refractivity contribution in [1.82, 2.24) is 0 Å². The van der Waals surface area contributed by atoms with Gasteiger partial charge in [-0.05, 0) is 67.0 Å². The summed E-state index contributed by atoms with van der Waals surface area (Å²) in [5, 5.41) is 20.4. The third kappa shape index (κ3) is 3.28. The van der Waals surface area contributed by atoms with Gasteiger partial charge in [-0.3, -0.25) is 0 Å². The first-order valence-corrected chi connectivity index (χ1v) is 9.49. The van der Waals surface area contributed by atoms with E-state index in [1.54, 1.807) is 6.08 Å². The largest absolute Gasteiger partial charge is 0.512 e. The zero-order valence-corrected chi connectivity index (χ0v) is 16.0. The molecule has 1 aromatic rings. The zero-order chi connectivity index (χ0) is 19.3. The number of aliphatic hydroxyl groups is 2. The Morgan fingerprint density at radius 1 is 1.19 bits per heavy atom. The van der Waals surface area contributed by atoms with Crippen LogP contribution in [0, 0.1) is 19.8 Å². The quantitative estimate of drug-likeness (QED) is 0.735. The van der Waals surface area contributed by atoms with Crippen molar-refractivity contribution in [1.29, 1.82) is 0 Å². The second-order valence-electron chi connectivity index (χ2n) is 8.06. The van der Waals surface area contributed by atoms with Crippen molar-refractivity contribution in [3.05, 3.63) is 82.4 Å². The highest BCUT2D eigenvalue weighted by molar-refractivity contribution is 5.85. The molecule has 0 aromatic heterocycles. The van der Waals surface area contributed by atoms with Gasteiger partial charge in [0, 0.05) is 24.0 Å². The summed E-state index contributed by atoms with van der Waals surface area (Å²) >= 11 is 0. The molecule has 4 rings (SSSR count). The third-order valence-corrected chi connectivity index (χ3v) is 5.65. The minimum absolute atomic E-state index is 0.120. The highest BCUT2D eigenvalue weighted by atomic mass is 16.5. The molecule has 0 saturated heterocycles. The third-order valence-electron chi connectivity index (χ3n) is 5.65. The highest BCUT2D eigenvalue weighted by Crippen LogP contribution is 2.49. The van der Waals surface area contributed by atoms with Crippen LogP contribution in [0.3, 0.4) is 0 Å². The minimum Gasteiger partial charge on any atom is -0.512 e. The Hall–Kier alpha value is -2.52. The van der Waals surface area contributed by atoms with Crippen LogP contribution < -0.4 is 4.74 Å². The number of hydrogen-bond donors (Lipinski definition) is 2. The molecule has 0 spiro atoms. The van der Waals surface area contributed by atoms with Crippen LogP contribution in [-0.2, 0) is 0 Å². The van der Waals surface area contributed by atoms with Gasteiger partial charge in [0.1, 0.15) is 11.5 Å². The van der Waals surface area contributed by atoms with E-state index < -0.39 is 6.10 Å². The minimum atomic E-state index is -0.425. The van der Waals surface area contributed by atoms with E-state index in [1.807, 2.05) is 12.1 Å². The summed E-state index contributed by atoms with van der Waals surface area (Å²) in [5.41, 5.74) is 7.47. The first kappa shape index (κ1) is 17.9. The molecule has 3 nitrogen and oxygen atoms in total. The van der Waals surface area contributed by atoms with Crippen molar-refractivity contribution < 1.29 is 14.9 Å². The molecule has 0 amide bonds. The molecule has 0 saturated carbocycles. The van der Waals surface area contributed by atoms with E-state index in [9.17, 15) is 10.2 Å². The number of hydrogen-bond acceptors (Lipinski definition) is 3. The second kappa shape index (κ2) is 6.58. The number of aryl methyl sites for hydroxylation is 2. The number of allylic oxidation sites excluding steroid dienone is 6. The Kier molecular flexibility index (Phi) is 4.35. The van der Waals surface area contributed by atoms with E-state index in [4.69, 9.17) is 4.74 Å². The van der Waals surface area contributed by atoms with Crippen LogP contribution in [0.25, 0.3) is 5.57 Å². The van der Waals surface area contributed by atoms with Crippen LogP contribution in [0.1, 0.15) is 42.4 Å². The van der Waals surface area contributed by atoms with E-state index in [-0.39, 0.29) is 5.92 Å². The number of ether oxygens (including phenoxy) is 1. The van der Waals surface area contributed by atoms with Gasteiger partial charge in [0.15, 0.2) is 0 Å². The summed E-state index contributed by atoms with van der Waals surface area (Å²) < 4.78 is 6.26. The average Bonchev–Trinajstić information content (AvgIpc) is 2.52. The molecule has 1 heterocycles. The standard InChI is InChI=1S/C24H26O3/c1-13-5-15(3)23-16(4)24-18(9-17-6-14(2)7-19(25)10-17)11-20(26)12-22(24)27-21(23)8-13/h5-8,18,20,25-26H,2,4,9-12H2,1,3H3. The van der Waals surface area contributed by atoms with Gasteiger partial charge < -0.3 is 14.9 Å². The maximum atomic E-state index is 10.5. The van der Waals surface area contributed by atoms with Crippen LogP contribution in [0.15, 0.2) is 65.7 Å². The molecule has 0 fully saturated rings. The molecule has 27 heavy (non-hydrogen) atoms. The number of fused-ring (bicyclic) bond motifs is 1. The lowest BCUT2D eigenvalue weighted by molar-refractivity contribution is 0.122. The molecule has 1 aromatic carbocycles. The SMILES string of the molecule is C=C1C=C(O)CC(CC2CC(O)CC3=C2C(=C)c2c(C)cc(C)cc2O3)=C1. The van der Waals surface area contributed by atoms with Gasteiger partial charge in [0.25, 0.3) is 0 Å². The van der Waals surface area contributed by atoms with Gasteiger partial charge in [0.05, 0.1) is 11.9 Å². The summed E-state index contributed by atoms with van der Waals surface area (Å²) in [5.74, 6) is 2.15. The Morgan fingerprint density at radius 3 is 2.70 bits per heavy atom. The van der Waals surface area contributed by atoms with E-state index in [1.165, 1.54) is 0 Å². The second-order valence-corrected chi connectivity index (χ2v) is 8.06. The van der Waals surface area contributed by atoms with Crippen molar-refractivity contribution in [2.75, 3.05) is 0 Å². The predicted molar refractivity (Wildman–Crippen MR) is 109 cm³/mol. The van der Waals surface area contributed by atoms with Crippen LogP contribution in [0.2, 0.25) is 0 Å². The Morgan fingerprint density at radius 2 is 1.96 bits per heavy atom. The smallest absolute Gasteiger partial charge is 0.135 e. The first-order valence-electron chi connectivity index (χ1n) is 9.49. The molecule has 1 aliphatic heterocycles. The maximum Gasteiger partial charge on any atom is 0.135 e. The molecule has 3 aliphatic rings. The van der Waals surface area contributed by atoms with E-state index in [0.29, 0.717) is 25.0 Å². The van der Waals surface area contributed by atoms with Gasteiger partial charge in [0.2, 0.25) is 0 Å². The molecule has 2 aliphatic carbocycles. The van der Waals surface area contributed by atoms with Crippen LogP contribution in [0.5, 0.6) is 5.75 Å². The molecule has 0 radical (unpaired) electrons. The van der Waals surface area contributed by atoms with Crippen molar-refractivity contribution in [2.45, 2.75) is 45.6 Å². The Bertz CT molecular complexity index is 943. The summed E-state index contributed by atoms with van der Waals surface area (Å²) in [6.45, 7) is 12.5. The molecular weight excluding hydrogens is 336 g/mol. The fraction of sp³-hybridized carbons (Fsp3) is 0.333. The summed E-state index contributed by atoms with van der Waals surface area (Å²) in [4.78, 5) is 0. The molecule has 0 bridgehead atoms. The number of benzene rings is 1. The Balaban J connectivity index is 1.71. The lowest BCUT2D eigenvalue weighted by atomic mass is 9.74. The van der Waals surface area contributed by atoms with Crippen molar-refractivity contribution in [2.24, 2.45) is 5.92 Å². The van der Waals surface area contributed by atoms with E-state index >= 15 is 0 Å². The van der Waals surface area contributed by atoms with Crippen LogP contribution in [-0.4, -0.2) is 16.3 Å². The topological polar surface area (TPSA) is 49.7 Å². The lowest BCUT2D eigenvalue weighted by Gasteiger charge is -2.37. The lowest BCUT2D eigenvalue weighted by Crippen LogP contribution is -2.28. The number of rotatable bonds is 2. The highest BCUT2D eigenvalue weighted by Gasteiger charge is 2.36. The molecular formula is C24H26O3. The first-order chi connectivity index (χ1) is 12.8. The molecule has 2 N–H and O–H groups in total. The van der Waals surface area contributed by atoms with Crippen LogP contribution >= 0.6 is 0 Å². The fourth-order valence-corrected chi connectivity index (χ4v) is 4.74. The molecule has 140 valence electrons. The van der Waals surface area contributed by atoms with Crippen molar-refractivity contribution >= 4 is 5.57 Å². The van der Waals surface area contributed by atoms with E-state index in [0.717, 1.165) is 56.9 Å². The van der Waals surface area contributed by atoms with Crippen molar-refractivity contribution in [3.8, 4) is 5.75 Å². The Labute approximate surface area is 160 Å². The summed E-state index contributed by atoms with van der Waals surface area (Å²) in [6.07, 6.45) is 5.81. The monoisotopic (exact) mass is 362 g/mol. The van der Waals surface area contributed by atoms with Crippen LogP contribution in [0.4, 0.5) is 0 Å². The normalized spacial score (nSPS) is 24.7. The van der Waals surface area contributed by atoms with Gasteiger partial charge in [-0.2, -0.15) is 0 Å². The van der Waals surface area contributed by atoms with Gasteiger partial charge >= 0.3 is 0 Å². The fourth-order valence-electron chi connectivity index (χ4n) is 4.74. The summed E-state index contributed by atoms with van der Waals surface area (Å²) in [7, 11) is 0. The maximum absolute atomic E-state index is 10.5. The zero-order valence-electron chi connectivity index (χ0n) is 16.0. The summed E-state index contributed by atoms with van der Waals surface area (Å²) in [6, 6.07) is 4.20. The van der Waals surface area contributed by atoms with Gasteiger partial charge in [-0.25, -0.2) is 0 Å². The van der Waals surface area contributed by atoms with Gasteiger partial charge in [-0.15, -0.1) is 0 Å². The van der Waals surface area contributed by atoms with E-state index in [2.05, 4.69) is 33.1 Å². The molecule has 2 unspecified atom stereocenters. The number of aliphatic hydroxyl groups excluding tert-OH is 2. The van der Waals surface area contributed by atoms with Gasteiger partial charge in [-0.1, -0.05) is 30.9 Å². The average molecular weight is 362 g/mol. The predicted octanol–water partition coefficient (Wildman–Crippen LogP) is 5.45. The molecule has 2 atom stereocenters.